The summed E-state index contributed by atoms with van der Waals surface area (Å²) in [5, 5.41) is 0. The second kappa shape index (κ2) is 18.8. The average Bonchev–Trinajstić information content (AvgIpc) is 3.76. The van der Waals surface area contributed by atoms with Gasteiger partial charge in [-0.2, -0.15) is 0 Å². The molecule has 5 rings (SSSR count). The minimum atomic E-state index is -0.362. The molecular formula is C37H38FeO3+2. The van der Waals surface area contributed by atoms with Crippen LogP contribution in [0.15, 0.2) is 72.8 Å². The van der Waals surface area contributed by atoms with E-state index in [0.29, 0.717) is 11.3 Å². The number of esters is 1. The minimum Gasteiger partial charge on any atom is -0.494 e. The first-order chi connectivity index (χ1) is 19.7. The van der Waals surface area contributed by atoms with Gasteiger partial charge >= 0.3 is 23.0 Å². The van der Waals surface area contributed by atoms with Gasteiger partial charge in [-0.15, -0.1) is 0 Å². The fraction of sp³-hybridized carbons (Fsp3) is 0.216. The molecule has 4 heteroatoms. The van der Waals surface area contributed by atoms with E-state index in [4.69, 9.17) is 9.47 Å². The summed E-state index contributed by atoms with van der Waals surface area (Å²) in [5.41, 5.74) is 3.76. The smallest absolute Gasteiger partial charge is 0.494 e. The molecule has 3 aromatic rings. The van der Waals surface area contributed by atoms with E-state index in [1.165, 1.54) is 32.1 Å². The minimum absolute atomic E-state index is 0. The van der Waals surface area contributed by atoms with Crippen molar-refractivity contribution in [2.45, 2.75) is 45.4 Å². The summed E-state index contributed by atoms with van der Waals surface area (Å²) < 4.78 is 11.4. The zero-order valence-electron chi connectivity index (χ0n) is 23.7. The quantitative estimate of drug-likeness (QED) is 0.0919. The zero-order chi connectivity index (χ0) is 27.8. The summed E-state index contributed by atoms with van der Waals surface area (Å²) in [4.78, 5) is 12.5. The Kier molecular flexibility index (Phi) is 15.1. The maximum Gasteiger partial charge on any atom is 2.00 e. The molecular weight excluding hydrogens is 548 g/mol. The van der Waals surface area contributed by atoms with Crippen LogP contribution in [-0.4, -0.2) is 12.6 Å². The van der Waals surface area contributed by atoms with E-state index in [1.54, 1.807) is 12.1 Å². The molecule has 0 bridgehead atoms. The third-order valence-corrected chi connectivity index (χ3v) is 6.69. The maximum atomic E-state index is 12.5. The molecule has 0 unspecified atom stereocenters. The number of carbonyl (C=O) groups is 1. The second-order valence-electron chi connectivity index (χ2n) is 9.77. The second-order valence-corrected chi connectivity index (χ2v) is 9.77. The van der Waals surface area contributed by atoms with Crippen LogP contribution in [0.25, 0.3) is 11.1 Å². The summed E-state index contributed by atoms with van der Waals surface area (Å²) in [6.45, 7) is 3.00. The van der Waals surface area contributed by atoms with Crippen molar-refractivity contribution in [1.29, 1.82) is 0 Å². The van der Waals surface area contributed by atoms with Crippen LogP contribution in [0.2, 0.25) is 0 Å². The Morgan fingerprint density at radius 2 is 1.05 bits per heavy atom. The normalized spacial score (nSPS) is 14.6. The molecule has 2 saturated carbocycles. The van der Waals surface area contributed by atoms with Gasteiger partial charge in [0.15, 0.2) is 0 Å². The van der Waals surface area contributed by atoms with Crippen LogP contribution in [0.4, 0.5) is 0 Å². The first-order valence-electron chi connectivity index (χ1n) is 14.3. The van der Waals surface area contributed by atoms with E-state index in [9.17, 15) is 4.79 Å². The molecule has 0 spiro atoms. The molecule has 0 saturated heterocycles. The largest absolute Gasteiger partial charge is 2.00 e. The van der Waals surface area contributed by atoms with Crippen molar-refractivity contribution < 1.29 is 31.3 Å². The SMILES string of the molecule is CCCCCCCCOc1ccc(-c2ccc(OC(=O)c3ccc([C]4[CH][CH][CH][CH]4)cc3)cc2)cc1.[CH]1[CH][CH][CH][CH]1.[Fe+2]. The zero-order valence-corrected chi connectivity index (χ0v) is 24.8. The van der Waals surface area contributed by atoms with Crippen LogP contribution in [-0.2, 0) is 17.1 Å². The molecule has 2 aliphatic rings. The fourth-order valence-corrected chi connectivity index (χ4v) is 4.38. The number of benzene rings is 3. The van der Waals surface area contributed by atoms with Crippen LogP contribution in [0.3, 0.4) is 0 Å². The van der Waals surface area contributed by atoms with E-state index < -0.39 is 0 Å². The van der Waals surface area contributed by atoms with Gasteiger partial charge in [-0.25, -0.2) is 4.79 Å². The van der Waals surface area contributed by atoms with Crippen LogP contribution >= 0.6 is 0 Å². The van der Waals surface area contributed by atoms with E-state index in [2.05, 4.69) is 19.1 Å². The topological polar surface area (TPSA) is 35.5 Å². The fourth-order valence-electron chi connectivity index (χ4n) is 4.38. The van der Waals surface area contributed by atoms with Crippen molar-refractivity contribution in [3.63, 3.8) is 0 Å². The van der Waals surface area contributed by atoms with Crippen molar-refractivity contribution in [2.75, 3.05) is 6.61 Å². The Labute approximate surface area is 258 Å². The summed E-state index contributed by atoms with van der Waals surface area (Å²) in [6.07, 6.45) is 25.7. The van der Waals surface area contributed by atoms with Crippen molar-refractivity contribution in [3.8, 4) is 22.6 Å². The summed E-state index contributed by atoms with van der Waals surface area (Å²) in [5.74, 6) is 2.20. The molecule has 10 radical (unpaired) electrons. The van der Waals surface area contributed by atoms with Gasteiger partial charge in [0.2, 0.25) is 0 Å². The summed E-state index contributed by atoms with van der Waals surface area (Å²) in [6, 6.07) is 23.2. The summed E-state index contributed by atoms with van der Waals surface area (Å²) >= 11 is 0. The van der Waals surface area contributed by atoms with Crippen molar-refractivity contribution >= 4 is 5.97 Å². The van der Waals surface area contributed by atoms with Crippen LogP contribution in [0, 0.1) is 63.7 Å². The van der Waals surface area contributed by atoms with E-state index in [0.717, 1.165) is 41.4 Å². The number of hydrogen-bond acceptors (Lipinski definition) is 3. The van der Waals surface area contributed by atoms with E-state index >= 15 is 0 Å². The van der Waals surface area contributed by atoms with Crippen molar-refractivity contribution in [2.24, 2.45) is 0 Å². The molecule has 210 valence electrons. The number of ether oxygens (including phenoxy) is 2. The van der Waals surface area contributed by atoms with Crippen LogP contribution < -0.4 is 9.47 Å². The Morgan fingerprint density at radius 1 is 0.561 bits per heavy atom. The average molecular weight is 587 g/mol. The molecule has 0 aromatic heterocycles. The molecule has 3 aromatic carbocycles. The molecule has 0 heterocycles. The Hall–Kier alpha value is -2.55. The first-order valence-corrected chi connectivity index (χ1v) is 14.3. The van der Waals surface area contributed by atoms with Gasteiger partial charge in [0.05, 0.1) is 12.2 Å². The maximum absolute atomic E-state index is 12.5. The Morgan fingerprint density at radius 3 is 1.61 bits per heavy atom. The third-order valence-electron chi connectivity index (χ3n) is 6.69. The summed E-state index contributed by atoms with van der Waals surface area (Å²) in [7, 11) is 0. The predicted molar refractivity (Wildman–Crippen MR) is 163 cm³/mol. The molecule has 0 N–H and O–H groups in total. The van der Waals surface area contributed by atoms with Gasteiger partial charge in [0.25, 0.3) is 0 Å². The standard InChI is InChI=1S/C32H33O3.C5H5.Fe/c1-2-3-4-5-6-9-24-34-30-20-16-27(17-21-30)28-18-22-31(23-19-28)35-32(33)29-14-12-26(13-15-29)25-10-7-8-11-25;1-2-4-5-3-1;/h7-8,10-23H,2-6,9,24H2,1H3;1-5H;/q;;+2. The van der Waals surface area contributed by atoms with Crippen LogP contribution in [0.1, 0.15) is 61.4 Å². The van der Waals surface area contributed by atoms with Gasteiger partial charge in [-0.05, 0) is 117 Å². The number of hydrogen-bond donors (Lipinski definition) is 0. The molecule has 0 amide bonds. The van der Waals surface area contributed by atoms with Gasteiger partial charge in [0, 0.05) is 5.92 Å². The Balaban J connectivity index is 0.000000696. The van der Waals surface area contributed by atoms with Crippen LogP contribution in [0.5, 0.6) is 11.5 Å². The van der Waals surface area contributed by atoms with E-state index in [1.807, 2.05) is 106 Å². The van der Waals surface area contributed by atoms with Crippen molar-refractivity contribution in [1.82, 2.24) is 0 Å². The molecule has 41 heavy (non-hydrogen) atoms. The first kappa shape index (κ1) is 33.0. The molecule has 2 aliphatic carbocycles. The predicted octanol–water partition coefficient (Wildman–Crippen LogP) is 9.08. The molecule has 3 nitrogen and oxygen atoms in total. The van der Waals surface area contributed by atoms with E-state index in [-0.39, 0.29) is 23.0 Å². The number of rotatable bonds is 12. The number of carbonyl (C=O) groups excluding carboxylic acids is 1. The number of unbranched alkanes of at least 4 members (excludes halogenated alkanes) is 5. The third kappa shape index (κ3) is 11.3. The van der Waals surface area contributed by atoms with Gasteiger partial charge in [-0.1, -0.05) is 75.4 Å². The molecule has 0 atom stereocenters. The van der Waals surface area contributed by atoms with Gasteiger partial charge in [-0.3, -0.25) is 0 Å². The van der Waals surface area contributed by atoms with Gasteiger partial charge < -0.3 is 9.47 Å². The monoisotopic (exact) mass is 586 g/mol. The van der Waals surface area contributed by atoms with Crippen molar-refractivity contribution in [3.05, 3.63) is 148 Å². The molecule has 2 fully saturated rings. The van der Waals surface area contributed by atoms with Gasteiger partial charge in [0.1, 0.15) is 11.5 Å². The Bertz CT molecular complexity index is 1100. The molecule has 0 aliphatic heterocycles.